The maximum atomic E-state index is 13.6. The Morgan fingerprint density at radius 1 is 1.26 bits per heavy atom. The van der Waals surface area contributed by atoms with Gasteiger partial charge < -0.3 is 15.2 Å². The molecule has 0 amide bonds. The number of Topliss-reactive ketones (excluding diaryl/α,β-unsaturated/α-hetero) is 1. The maximum Gasteiger partial charge on any atom is 0.332 e. The summed E-state index contributed by atoms with van der Waals surface area (Å²) in [7, 11) is 1.56. The minimum absolute atomic E-state index is 0.0151. The van der Waals surface area contributed by atoms with Crippen LogP contribution in [-0.2, 0) is 20.1 Å². The fourth-order valence-corrected chi connectivity index (χ4v) is 4.47. The zero-order valence-electron chi connectivity index (χ0n) is 19.6. The van der Waals surface area contributed by atoms with Crippen molar-refractivity contribution in [1.82, 2.24) is 18.7 Å². The van der Waals surface area contributed by atoms with Crippen LogP contribution in [-0.4, -0.2) is 43.6 Å². The molecule has 1 atom stereocenters. The van der Waals surface area contributed by atoms with E-state index in [1.54, 1.807) is 25.2 Å². The SMILES string of the molecule is CC(C)=CCn1c(N2CCCC(N)C2)nc2c1c(=O)n(CC(=O)c1cccc(Cl)c1)c(=O)n2C. The van der Waals surface area contributed by atoms with E-state index in [2.05, 4.69) is 4.90 Å². The molecule has 34 heavy (non-hydrogen) atoms. The predicted molar refractivity (Wildman–Crippen MR) is 134 cm³/mol. The third-order valence-corrected chi connectivity index (χ3v) is 6.32. The van der Waals surface area contributed by atoms with Gasteiger partial charge in [0.1, 0.15) is 0 Å². The molecule has 10 heteroatoms. The predicted octanol–water partition coefficient (Wildman–Crippen LogP) is 2.33. The first-order chi connectivity index (χ1) is 16.2. The molecule has 2 aromatic heterocycles. The van der Waals surface area contributed by atoms with Crippen molar-refractivity contribution in [1.29, 1.82) is 0 Å². The van der Waals surface area contributed by atoms with Gasteiger partial charge in [-0.05, 0) is 38.8 Å². The summed E-state index contributed by atoms with van der Waals surface area (Å²) in [6.07, 6.45) is 3.85. The number of hydrogen-bond donors (Lipinski definition) is 1. The Hall–Kier alpha value is -3.17. The molecule has 1 saturated heterocycles. The summed E-state index contributed by atoms with van der Waals surface area (Å²) >= 11 is 6.01. The highest BCUT2D eigenvalue weighted by atomic mass is 35.5. The van der Waals surface area contributed by atoms with Crippen molar-refractivity contribution >= 4 is 34.5 Å². The van der Waals surface area contributed by atoms with Crippen LogP contribution in [0.15, 0.2) is 45.5 Å². The van der Waals surface area contributed by atoms with Crippen LogP contribution in [0, 0.1) is 0 Å². The van der Waals surface area contributed by atoms with Gasteiger partial charge in [0.25, 0.3) is 5.56 Å². The second kappa shape index (κ2) is 9.60. The molecular weight excluding hydrogens is 456 g/mol. The Bertz CT molecular complexity index is 1400. The Morgan fingerprint density at radius 2 is 2.03 bits per heavy atom. The second-order valence-corrected chi connectivity index (χ2v) is 9.43. The zero-order valence-corrected chi connectivity index (χ0v) is 20.4. The van der Waals surface area contributed by atoms with Crippen molar-refractivity contribution in [3.63, 3.8) is 0 Å². The largest absolute Gasteiger partial charge is 0.341 e. The van der Waals surface area contributed by atoms with E-state index >= 15 is 0 Å². The molecule has 1 aliphatic heterocycles. The van der Waals surface area contributed by atoms with Crippen molar-refractivity contribution in [3.8, 4) is 0 Å². The lowest BCUT2D eigenvalue weighted by molar-refractivity contribution is 0.0969. The van der Waals surface area contributed by atoms with Crippen LogP contribution in [0.2, 0.25) is 5.02 Å². The van der Waals surface area contributed by atoms with Gasteiger partial charge >= 0.3 is 5.69 Å². The topological polar surface area (TPSA) is 108 Å². The minimum Gasteiger partial charge on any atom is -0.341 e. The molecule has 1 aromatic carbocycles. The number of benzene rings is 1. The Balaban J connectivity index is 1.88. The molecule has 3 heterocycles. The summed E-state index contributed by atoms with van der Waals surface area (Å²) in [6, 6.07) is 6.46. The summed E-state index contributed by atoms with van der Waals surface area (Å²) < 4.78 is 4.12. The van der Waals surface area contributed by atoms with E-state index in [4.69, 9.17) is 22.3 Å². The Morgan fingerprint density at radius 3 is 2.71 bits per heavy atom. The number of carbonyl (C=O) groups is 1. The summed E-state index contributed by atoms with van der Waals surface area (Å²) in [5.41, 5.74) is 7.06. The molecule has 1 fully saturated rings. The molecule has 0 spiro atoms. The highest BCUT2D eigenvalue weighted by molar-refractivity contribution is 6.31. The van der Waals surface area contributed by atoms with E-state index in [-0.39, 0.29) is 29.5 Å². The van der Waals surface area contributed by atoms with Gasteiger partial charge in [0, 0.05) is 43.3 Å². The summed E-state index contributed by atoms with van der Waals surface area (Å²) in [6.45, 7) is 5.37. The summed E-state index contributed by atoms with van der Waals surface area (Å²) in [5, 5.41) is 0.408. The highest BCUT2D eigenvalue weighted by Crippen LogP contribution is 2.23. The Kier molecular flexibility index (Phi) is 6.77. The van der Waals surface area contributed by atoms with Crippen molar-refractivity contribution < 1.29 is 4.79 Å². The smallest absolute Gasteiger partial charge is 0.332 e. The number of aryl methyl sites for hydroxylation is 1. The number of carbonyl (C=O) groups excluding carboxylic acids is 1. The van der Waals surface area contributed by atoms with Crippen molar-refractivity contribution in [2.45, 2.75) is 45.8 Å². The van der Waals surface area contributed by atoms with Gasteiger partial charge in [-0.15, -0.1) is 0 Å². The number of nitrogens with zero attached hydrogens (tertiary/aromatic N) is 5. The van der Waals surface area contributed by atoms with Crippen LogP contribution in [0.1, 0.15) is 37.0 Å². The van der Waals surface area contributed by atoms with Crippen molar-refractivity contribution in [3.05, 3.63) is 67.3 Å². The molecule has 9 nitrogen and oxygen atoms in total. The van der Waals surface area contributed by atoms with E-state index < -0.39 is 11.2 Å². The lowest BCUT2D eigenvalue weighted by atomic mass is 10.1. The van der Waals surface area contributed by atoms with Gasteiger partial charge in [-0.2, -0.15) is 4.98 Å². The number of anilines is 1. The average molecular weight is 485 g/mol. The number of aromatic nitrogens is 4. The Labute approximate surface area is 202 Å². The van der Waals surface area contributed by atoms with Crippen molar-refractivity contribution in [2.24, 2.45) is 12.8 Å². The zero-order chi connectivity index (χ0) is 24.6. The molecule has 0 aliphatic carbocycles. The third kappa shape index (κ3) is 4.58. The number of nitrogens with two attached hydrogens (primary N) is 1. The molecular formula is C24H29ClN6O3. The summed E-state index contributed by atoms with van der Waals surface area (Å²) in [4.78, 5) is 46.4. The van der Waals surface area contributed by atoms with E-state index in [9.17, 15) is 14.4 Å². The molecule has 1 unspecified atom stereocenters. The first-order valence-electron chi connectivity index (χ1n) is 11.3. The molecule has 3 aromatic rings. The number of rotatable bonds is 6. The quantitative estimate of drug-likeness (QED) is 0.425. The number of halogens is 1. The summed E-state index contributed by atoms with van der Waals surface area (Å²) in [5.74, 6) is 0.229. The number of hydrogen-bond acceptors (Lipinski definition) is 6. The fourth-order valence-electron chi connectivity index (χ4n) is 4.28. The monoisotopic (exact) mass is 484 g/mol. The fraction of sp³-hybridized carbons (Fsp3) is 0.417. The maximum absolute atomic E-state index is 13.6. The van der Waals surface area contributed by atoms with E-state index in [1.807, 2.05) is 24.5 Å². The number of allylic oxidation sites excluding steroid dienone is 2. The lowest BCUT2D eigenvalue weighted by Gasteiger charge is -2.31. The molecule has 4 rings (SSSR count). The molecule has 0 bridgehead atoms. The van der Waals surface area contributed by atoms with E-state index in [0.717, 1.165) is 29.5 Å². The van der Waals surface area contributed by atoms with Crippen LogP contribution < -0.4 is 21.9 Å². The van der Waals surface area contributed by atoms with E-state index in [0.29, 0.717) is 29.6 Å². The van der Waals surface area contributed by atoms with Crippen LogP contribution in [0.4, 0.5) is 5.95 Å². The van der Waals surface area contributed by atoms with Gasteiger partial charge in [0.2, 0.25) is 5.95 Å². The van der Waals surface area contributed by atoms with Crippen LogP contribution in [0.5, 0.6) is 0 Å². The van der Waals surface area contributed by atoms with Gasteiger partial charge in [0.05, 0.1) is 6.54 Å². The van der Waals surface area contributed by atoms with Gasteiger partial charge in [-0.25, -0.2) is 4.79 Å². The van der Waals surface area contributed by atoms with Gasteiger partial charge in [-0.3, -0.25) is 18.7 Å². The molecule has 0 saturated carbocycles. The molecule has 1 aliphatic rings. The third-order valence-electron chi connectivity index (χ3n) is 6.08. The first kappa shape index (κ1) is 24.0. The highest BCUT2D eigenvalue weighted by Gasteiger charge is 2.26. The number of imidazole rings is 1. The minimum atomic E-state index is -0.596. The molecule has 2 N–H and O–H groups in total. The van der Waals surface area contributed by atoms with Gasteiger partial charge in [0.15, 0.2) is 16.9 Å². The average Bonchev–Trinajstić information content (AvgIpc) is 3.19. The number of piperidine rings is 1. The number of fused-ring (bicyclic) bond motifs is 1. The first-order valence-corrected chi connectivity index (χ1v) is 11.7. The standard InChI is InChI=1S/C24H29ClN6O3/c1-15(2)9-11-30-20-21(27-23(30)29-10-5-8-18(26)13-29)28(3)24(34)31(22(20)33)14-19(32)16-6-4-7-17(25)12-16/h4,6-7,9,12,18H,5,8,10-11,13-14,26H2,1-3H3. The molecule has 180 valence electrons. The van der Waals surface area contributed by atoms with E-state index in [1.165, 1.54) is 10.6 Å². The van der Waals surface area contributed by atoms with Gasteiger partial charge in [-0.1, -0.05) is 35.4 Å². The number of ketones is 1. The van der Waals surface area contributed by atoms with Crippen LogP contribution in [0.25, 0.3) is 11.2 Å². The van der Waals surface area contributed by atoms with Crippen molar-refractivity contribution in [2.75, 3.05) is 18.0 Å². The molecule has 0 radical (unpaired) electrons. The normalized spacial score (nSPS) is 16.1. The second-order valence-electron chi connectivity index (χ2n) is 8.99. The van der Waals surface area contributed by atoms with Crippen LogP contribution in [0.3, 0.4) is 0 Å². The van der Waals surface area contributed by atoms with Crippen LogP contribution >= 0.6 is 11.6 Å². The lowest BCUT2D eigenvalue weighted by Crippen LogP contribution is -2.44.